The van der Waals surface area contributed by atoms with E-state index in [1.54, 1.807) is 24.3 Å². The summed E-state index contributed by atoms with van der Waals surface area (Å²) in [6.45, 7) is 12.3. The molecule has 6 nitrogen and oxygen atoms in total. The van der Waals surface area contributed by atoms with Crippen molar-refractivity contribution in [2.45, 2.75) is 54.4 Å². The first kappa shape index (κ1) is 28.5. The molecule has 0 aliphatic rings. The summed E-state index contributed by atoms with van der Waals surface area (Å²) >= 11 is 0. The van der Waals surface area contributed by atoms with E-state index in [1.807, 2.05) is 41.5 Å². The Bertz CT molecular complexity index is 661. The molecule has 1 amide bonds. The summed E-state index contributed by atoms with van der Waals surface area (Å²) in [7, 11) is 1.22. The summed E-state index contributed by atoms with van der Waals surface area (Å²) in [6, 6.07) is 10.9. The van der Waals surface area contributed by atoms with Gasteiger partial charge < -0.3 is 25.4 Å². The number of nitrogens with two attached hydrogens (primary N) is 1. The molecule has 0 saturated heterocycles. The third-order valence-corrected chi connectivity index (χ3v) is 3.40. The summed E-state index contributed by atoms with van der Waals surface area (Å²) in [5.41, 5.74) is 7.80. The molecule has 0 spiro atoms. The number of phenols is 1. The van der Waals surface area contributed by atoms with Gasteiger partial charge in [0, 0.05) is 6.61 Å². The Morgan fingerprint density at radius 1 is 1.00 bits per heavy atom. The number of ether oxygens (including phenoxy) is 2. The average Bonchev–Trinajstić information content (AvgIpc) is 2.74. The highest BCUT2D eigenvalue weighted by Crippen LogP contribution is 2.30. The first-order valence-electron chi connectivity index (χ1n) is 9.88. The normalized spacial score (nSPS) is 8.83. The van der Waals surface area contributed by atoms with E-state index in [0.29, 0.717) is 5.75 Å². The second-order valence-corrected chi connectivity index (χ2v) is 5.51. The van der Waals surface area contributed by atoms with Crippen LogP contribution in [0, 0.1) is 13.8 Å². The lowest BCUT2D eigenvalue weighted by Crippen LogP contribution is -2.08. The summed E-state index contributed by atoms with van der Waals surface area (Å²) in [6.07, 6.45) is 0.902. The molecule has 0 radical (unpaired) electrons. The highest BCUT2D eigenvalue weighted by atomic mass is 16.5. The smallest absolute Gasteiger partial charge is 0.404 e. The van der Waals surface area contributed by atoms with Crippen LogP contribution in [0.5, 0.6) is 17.2 Å². The van der Waals surface area contributed by atoms with Gasteiger partial charge in [-0.1, -0.05) is 39.8 Å². The van der Waals surface area contributed by atoms with Gasteiger partial charge in [-0.3, -0.25) is 0 Å². The Labute approximate surface area is 175 Å². The zero-order valence-corrected chi connectivity index (χ0v) is 18.8. The summed E-state index contributed by atoms with van der Waals surface area (Å²) < 4.78 is 9.78. The Morgan fingerprint density at radius 2 is 1.45 bits per heavy atom. The van der Waals surface area contributed by atoms with E-state index in [1.165, 1.54) is 12.7 Å². The molecule has 0 aliphatic heterocycles. The number of hydrogen-bond donors (Lipinski definition) is 3. The molecule has 0 aliphatic carbocycles. The number of aliphatic hydroxyl groups is 1. The van der Waals surface area contributed by atoms with Crippen molar-refractivity contribution < 1.29 is 24.5 Å². The zero-order chi connectivity index (χ0) is 22.8. The number of aliphatic hydroxyl groups excluding tert-OH is 1. The second-order valence-electron chi connectivity index (χ2n) is 5.51. The van der Waals surface area contributed by atoms with E-state index in [-0.39, 0.29) is 12.4 Å². The van der Waals surface area contributed by atoms with Crippen LogP contribution in [0.3, 0.4) is 0 Å². The number of carbonyl (C=O) groups is 1. The molecule has 0 aromatic heterocycles. The fourth-order valence-electron chi connectivity index (χ4n) is 2.26. The number of aromatic hydroxyl groups is 1. The predicted octanol–water partition coefficient (Wildman–Crippen LogP) is 5.49. The van der Waals surface area contributed by atoms with Crippen LogP contribution >= 0.6 is 0 Å². The van der Waals surface area contributed by atoms with E-state index in [0.717, 1.165) is 29.7 Å². The van der Waals surface area contributed by atoms with Crippen molar-refractivity contribution >= 4 is 6.09 Å². The number of methoxy groups -OCH3 is 1. The van der Waals surface area contributed by atoms with Crippen molar-refractivity contribution in [2.24, 2.45) is 5.73 Å². The SMILES string of the molecule is CC.CC.COC(N)=O.Cc1cc(CCCO)cc(C)c1Oc1ccc(O)cc1. The van der Waals surface area contributed by atoms with Gasteiger partial charge in [0.15, 0.2) is 0 Å². The predicted molar refractivity (Wildman–Crippen MR) is 119 cm³/mol. The molecular weight excluding hydrogens is 370 g/mol. The third-order valence-electron chi connectivity index (χ3n) is 3.40. The molecule has 0 unspecified atom stereocenters. The number of primary amides is 1. The van der Waals surface area contributed by atoms with E-state index in [9.17, 15) is 9.90 Å². The average molecular weight is 408 g/mol. The van der Waals surface area contributed by atoms with Gasteiger partial charge in [-0.2, -0.15) is 0 Å². The van der Waals surface area contributed by atoms with Crippen LogP contribution in [0.4, 0.5) is 4.79 Å². The molecule has 0 atom stereocenters. The molecule has 2 aromatic rings. The number of benzene rings is 2. The van der Waals surface area contributed by atoms with Crippen LogP contribution in [0.2, 0.25) is 0 Å². The molecule has 0 bridgehead atoms. The van der Waals surface area contributed by atoms with Gasteiger partial charge in [0.25, 0.3) is 0 Å². The second kappa shape index (κ2) is 17.4. The highest BCUT2D eigenvalue weighted by Gasteiger charge is 2.08. The van der Waals surface area contributed by atoms with Crippen LogP contribution < -0.4 is 10.5 Å². The van der Waals surface area contributed by atoms with Gasteiger partial charge in [-0.25, -0.2) is 4.79 Å². The molecule has 29 heavy (non-hydrogen) atoms. The number of carbonyl (C=O) groups excluding carboxylic acids is 1. The molecule has 2 aromatic carbocycles. The number of rotatable bonds is 5. The third kappa shape index (κ3) is 12.4. The molecule has 6 heteroatoms. The Balaban J connectivity index is 0. The van der Waals surface area contributed by atoms with Crippen LogP contribution in [0.25, 0.3) is 0 Å². The standard InChI is InChI=1S/C17H20O3.C2H5NO2.2C2H6/c1-12-10-14(4-3-9-18)11-13(2)17(12)20-16-7-5-15(19)6-8-16;1-5-2(3)4;2*1-2/h5-8,10-11,18-19H,3-4,9H2,1-2H3;1H3,(H2,3,4);2*1-2H3. The summed E-state index contributed by atoms with van der Waals surface area (Å²) in [5.74, 6) is 1.78. The molecule has 4 N–H and O–H groups in total. The fraction of sp³-hybridized carbons (Fsp3) is 0.435. The molecule has 0 saturated carbocycles. The van der Waals surface area contributed by atoms with Crippen molar-refractivity contribution in [3.05, 3.63) is 53.1 Å². The quantitative estimate of drug-likeness (QED) is 0.608. The lowest BCUT2D eigenvalue weighted by molar-refractivity contribution is 0.182. The van der Waals surface area contributed by atoms with E-state index >= 15 is 0 Å². The first-order chi connectivity index (χ1) is 13.9. The maximum absolute atomic E-state index is 9.37. The molecule has 0 heterocycles. The van der Waals surface area contributed by atoms with Crippen LogP contribution in [0.15, 0.2) is 36.4 Å². The van der Waals surface area contributed by atoms with Gasteiger partial charge in [-0.05, 0) is 67.6 Å². The maximum Gasteiger partial charge on any atom is 0.404 e. The highest BCUT2D eigenvalue weighted by molar-refractivity contribution is 5.64. The monoisotopic (exact) mass is 407 g/mol. The van der Waals surface area contributed by atoms with Crippen LogP contribution in [0.1, 0.15) is 50.8 Å². The van der Waals surface area contributed by atoms with Crippen LogP contribution in [-0.2, 0) is 11.2 Å². The van der Waals surface area contributed by atoms with Crippen molar-refractivity contribution in [3.8, 4) is 17.2 Å². The number of phenolic OH excluding ortho intramolecular Hbond substituents is 1. The van der Waals surface area contributed by atoms with E-state index in [4.69, 9.17) is 9.84 Å². The fourth-order valence-corrected chi connectivity index (χ4v) is 2.26. The Hall–Kier alpha value is -2.73. The van der Waals surface area contributed by atoms with E-state index in [2.05, 4.69) is 22.6 Å². The van der Waals surface area contributed by atoms with Crippen LogP contribution in [-0.4, -0.2) is 30.0 Å². The van der Waals surface area contributed by atoms with Gasteiger partial charge in [-0.15, -0.1) is 0 Å². The minimum atomic E-state index is -0.745. The molecule has 2 rings (SSSR count). The maximum atomic E-state index is 9.37. The lowest BCUT2D eigenvalue weighted by atomic mass is 10.0. The zero-order valence-electron chi connectivity index (χ0n) is 18.8. The first-order valence-corrected chi connectivity index (χ1v) is 9.88. The van der Waals surface area contributed by atoms with Gasteiger partial charge in [0.2, 0.25) is 0 Å². The Morgan fingerprint density at radius 3 is 1.83 bits per heavy atom. The van der Waals surface area contributed by atoms with Gasteiger partial charge in [0.05, 0.1) is 7.11 Å². The molecule has 0 fully saturated rings. The number of amides is 1. The number of hydrogen-bond acceptors (Lipinski definition) is 5. The molecular formula is C23H37NO5. The minimum absolute atomic E-state index is 0.212. The largest absolute Gasteiger partial charge is 0.508 e. The lowest BCUT2D eigenvalue weighted by Gasteiger charge is -2.14. The van der Waals surface area contributed by atoms with E-state index < -0.39 is 6.09 Å². The van der Waals surface area contributed by atoms with Crippen molar-refractivity contribution in [1.29, 1.82) is 0 Å². The van der Waals surface area contributed by atoms with Crippen molar-refractivity contribution in [3.63, 3.8) is 0 Å². The van der Waals surface area contributed by atoms with Gasteiger partial charge >= 0.3 is 6.09 Å². The Kier molecular flexibility index (Phi) is 17.1. The minimum Gasteiger partial charge on any atom is -0.508 e. The summed E-state index contributed by atoms with van der Waals surface area (Å²) in [5, 5.41) is 18.2. The number of aryl methyl sites for hydroxylation is 3. The summed E-state index contributed by atoms with van der Waals surface area (Å²) in [4.78, 5) is 9.37. The van der Waals surface area contributed by atoms with Gasteiger partial charge in [0.1, 0.15) is 17.2 Å². The van der Waals surface area contributed by atoms with Crippen molar-refractivity contribution in [2.75, 3.05) is 13.7 Å². The molecule has 164 valence electrons. The van der Waals surface area contributed by atoms with Crippen molar-refractivity contribution in [1.82, 2.24) is 0 Å². The topological polar surface area (TPSA) is 102 Å².